The van der Waals surface area contributed by atoms with Crippen LogP contribution in [0.2, 0.25) is 0 Å². The zero-order valence-corrected chi connectivity index (χ0v) is 15.9. The number of ether oxygens (including phenoxy) is 1. The largest absolute Gasteiger partial charge is 0.497 e. The second-order valence-corrected chi connectivity index (χ2v) is 6.66. The highest BCUT2D eigenvalue weighted by Gasteiger charge is 2.16. The summed E-state index contributed by atoms with van der Waals surface area (Å²) in [5.74, 6) is 1.45. The number of carbonyl (C=O) groups excluding carboxylic acids is 1. The normalized spacial score (nSPS) is 10.5. The molecular formula is C18H16IN3O3. The molecule has 0 saturated heterocycles. The molecule has 0 radical (unpaired) electrons. The van der Waals surface area contributed by atoms with Crippen LogP contribution in [-0.4, -0.2) is 35.1 Å². The highest BCUT2D eigenvalue weighted by Crippen LogP contribution is 2.21. The predicted molar refractivity (Wildman–Crippen MR) is 101 cm³/mol. The van der Waals surface area contributed by atoms with E-state index < -0.39 is 0 Å². The molecule has 1 aromatic heterocycles. The molecule has 0 aliphatic heterocycles. The van der Waals surface area contributed by atoms with Gasteiger partial charge in [-0.25, -0.2) is 0 Å². The number of halogens is 1. The topological polar surface area (TPSA) is 68.5 Å². The molecule has 0 saturated carbocycles. The third-order valence-corrected chi connectivity index (χ3v) is 4.33. The lowest BCUT2D eigenvalue weighted by Crippen LogP contribution is -2.26. The number of rotatable bonds is 5. The summed E-state index contributed by atoms with van der Waals surface area (Å²) in [5, 5.41) is 3.98. The Morgan fingerprint density at radius 3 is 2.72 bits per heavy atom. The van der Waals surface area contributed by atoms with Crippen LogP contribution < -0.4 is 4.74 Å². The van der Waals surface area contributed by atoms with E-state index >= 15 is 0 Å². The molecule has 6 nitrogen and oxygen atoms in total. The first-order chi connectivity index (χ1) is 12.1. The van der Waals surface area contributed by atoms with E-state index in [4.69, 9.17) is 9.26 Å². The first-order valence-electron chi connectivity index (χ1n) is 7.55. The van der Waals surface area contributed by atoms with Gasteiger partial charge in [0.15, 0.2) is 0 Å². The molecule has 1 amide bonds. The van der Waals surface area contributed by atoms with Gasteiger partial charge in [-0.3, -0.25) is 4.79 Å². The summed E-state index contributed by atoms with van der Waals surface area (Å²) >= 11 is 2.20. The average Bonchev–Trinajstić information content (AvgIpc) is 3.10. The molecule has 0 spiro atoms. The van der Waals surface area contributed by atoms with Gasteiger partial charge in [-0.1, -0.05) is 17.3 Å². The van der Waals surface area contributed by atoms with E-state index in [0.717, 1.165) is 14.9 Å². The van der Waals surface area contributed by atoms with E-state index in [-0.39, 0.29) is 12.5 Å². The molecule has 0 bridgehead atoms. The first kappa shape index (κ1) is 17.4. The molecule has 2 aromatic carbocycles. The van der Waals surface area contributed by atoms with Crippen LogP contribution in [-0.2, 0) is 6.54 Å². The molecule has 3 aromatic rings. The summed E-state index contributed by atoms with van der Waals surface area (Å²) in [5.41, 5.74) is 1.41. The number of hydrogen-bond donors (Lipinski definition) is 0. The van der Waals surface area contributed by atoms with Crippen LogP contribution in [0.5, 0.6) is 5.75 Å². The first-order valence-corrected chi connectivity index (χ1v) is 8.63. The maximum atomic E-state index is 12.4. The van der Waals surface area contributed by atoms with Crippen molar-refractivity contribution in [2.45, 2.75) is 6.54 Å². The van der Waals surface area contributed by atoms with Crippen molar-refractivity contribution in [1.29, 1.82) is 0 Å². The van der Waals surface area contributed by atoms with E-state index in [1.807, 2.05) is 36.4 Å². The second-order valence-electron chi connectivity index (χ2n) is 5.41. The lowest BCUT2D eigenvalue weighted by atomic mass is 10.2. The monoisotopic (exact) mass is 449 g/mol. The fourth-order valence-electron chi connectivity index (χ4n) is 2.29. The number of hydrogen-bond acceptors (Lipinski definition) is 5. The molecular weight excluding hydrogens is 433 g/mol. The maximum Gasteiger partial charge on any atom is 0.254 e. The minimum atomic E-state index is -0.0995. The van der Waals surface area contributed by atoms with Gasteiger partial charge in [0.1, 0.15) is 5.75 Å². The van der Waals surface area contributed by atoms with E-state index in [2.05, 4.69) is 32.7 Å². The van der Waals surface area contributed by atoms with E-state index in [9.17, 15) is 4.79 Å². The summed E-state index contributed by atoms with van der Waals surface area (Å²) in [6, 6.07) is 14.8. The average molecular weight is 449 g/mol. The molecule has 3 rings (SSSR count). The third-order valence-electron chi connectivity index (χ3n) is 3.61. The van der Waals surface area contributed by atoms with Gasteiger partial charge in [-0.2, -0.15) is 4.98 Å². The van der Waals surface area contributed by atoms with Gasteiger partial charge in [-0.05, 0) is 59.0 Å². The van der Waals surface area contributed by atoms with Crippen LogP contribution in [0, 0.1) is 3.57 Å². The number of benzene rings is 2. The van der Waals surface area contributed by atoms with Gasteiger partial charge in [-0.15, -0.1) is 0 Å². The molecule has 1 heterocycles. The van der Waals surface area contributed by atoms with Gasteiger partial charge in [0.05, 0.1) is 13.7 Å². The van der Waals surface area contributed by atoms with Crippen LogP contribution in [0.1, 0.15) is 16.2 Å². The number of methoxy groups -OCH3 is 1. The van der Waals surface area contributed by atoms with Crippen LogP contribution in [0.25, 0.3) is 11.4 Å². The van der Waals surface area contributed by atoms with Crippen molar-refractivity contribution in [3.05, 3.63) is 63.6 Å². The highest BCUT2D eigenvalue weighted by molar-refractivity contribution is 14.1. The van der Waals surface area contributed by atoms with Gasteiger partial charge in [0.25, 0.3) is 5.91 Å². The third kappa shape index (κ3) is 4.16. The Hall–Kier alpha value is -2.42. The molecule has 0 unspecified atom stereocenters. The summed E-state index contributed by atoms with van der Waals surface area (Å²) in [6.07, 6.45) is 0. The Morgan fingerprint density at radius 2 is 2.00 bits per heavy atom. The van der Waals surface area contributed by atoms with Crippen molar-refractivity contribution < 1.29 is 14.1 Å². The molecule has 25 heavy (non-hydrogen) atoms. The zero-order valence-electron chi connectivity index (χ0n) is 13.8. The fraction of sp³-hybridized carbons (Fsp3) is 0.167. The van der Waals surface area contributed by atoms with Crippen LogP contribution in [0.15, 0.2) is 53.1 Å². The maximum absolute atomic E-state index is 12.4. The fourth-order valence-corrected chi connectivity index (χ4v) is 2.65. The smallest absolute Gasteiger partial charge is 0.254 e. The Bertz CT molecular complexity index is 877. The van der Waals surface area contributed by atoms with E-state index in [1.54, 1.807) is 31.2 Å². The second kappa shape index (κ2) is 7.64. The van der Waals surface area contributed by atoms with Gasteiger partial charge in [0, 0.05) is 21.7 Å². The number of amides is 1. The number of nitrogens with zero attached hydrogens (tertiary/aromatic N) is 3. The van der Waals surface area contributed by atoms with Gasteiger partial charge < -0.3 is 14.2 Å². The summed E-state index contributed by atoms with van der Waals surface area (Å²) in [4.78, 5) is 18.3. The molecule has 0 aliphatic carbocycles. The number of carbonyl (C=O) groups is 1. The van der Waals surface area contributed by atoms with E-state index in [0.29, 0.717) is 17.3 Å². The molecule has 7 heteroatoms. The lowest BCUT2D eigenvalue weighted by molar-refractivity contribution is 0.0769. The summed E-state index contributed by atoms with van der Waals surface area (Å²) in [6.45, 7) is 0.238. The van der Waals surface area contributed by atoms with Crippen molar-refractivity contribution in [3.8, 4) is 17.1 Å². The molecule has 0 fully saturated rings. The Labute approximate surface area is 158 Å². The van der Waals surface area contributed by atoms with Crippen LogP contribution in [0.3, 0.4) is 0 Å². The van der Waals surface area contributed by atoms with E-state index in [1.165, 1.54) is 0 Å². The predicted octanol–water partition coefficient (Wildman–Crippen LogP) is 3.62. The van der Waals surface area contributed by atoms with Gasteiger partial charge >= 0.3 is 0 Å². The quantitative estimate of drug-likeness (QED) is 0.557. The lowest BCUT2D eigenvalue weighted by Gasteiger charge is -2.14. The van der Waals surface area contributed by atoms with Crippen molar-refractivity contribution >= 4 is 28.5 Å². The zero-order chi connectivity index (χ0) is 17.8. The van der Waals surface area contributed by atoms with Gasteiger partial charge in [0.2, 0.25) is 11.7 Å². The minimum Gasteiger partial charge on any atom is -0.497 e. The molecule has 0 atom stereocenters. The van der Waals surface area contributed by atoms with Crippen molar-refractivity contribution in [3.63, 3.8) is 0 Å². The molecule has 0 N–H and O–H groups in total. The SMILES string of the molecule is COc1cccc(-c2noc(CN(C)C(=O)c3ccc(I)cc3)n2)c1. The Kier molecular flexibility index (Phi) is 5.32. The Balaban J connectivity index is 1.72. The van der Waals surface area contributed by atoms with Crippen molar-refractivity contribution in [2.75, 3.05) is 14.2 Å². The minimum absolute atomic E-state index is 0.0995. The summed E-state index contributed by atoms with van der Waals surface area (Å²) < 4.78 is 11.5. The highest BCUT2D eigenvalue weighted by atomic mass is 127. The van der Waals surface area contributed by atoms with Crippen molar-refractivity contribution in [1.82, 2.24) is 15.0 Å². The molecule has 128 valence electrons. The Morgan fingerprint density at radius 1 is 1.24 bits per heavy atom. The van der Waals surface area contributed by atoms with Crippen LogP contribution >= 0.6 is 22.6 Å². The summed E-state index contributed by atoms with van der Waals surface area (Å²) in [7, 11) is 3.31. The standard InChI is InChI=1S/C18H16IN3O3/c1-22(18(23)12-6-8-14(19)9-7-12)11-16-20-17(21-25-16)13-4-3-5-15(10-13)24-2/h3-10H,11H2,1-2H3. The molecule has 0 aliphatic rings. The van der Waals surface area contributed by atoms with Crippen LogP contribution in [0.4, 0.5) is 0 Å². The number of aromatic nitrogens is 2. The van der Waals surface area contributed by atoms with Crippen molar-refractivity contribution in [2.24, 2.45) is 0 Å².